The zero-order valence-electron chi connectivity index (χ0n) is 13.4. The number of rotatable bonds is 7. The van der Waals surface area contributed by atoms with Gasteiger partial charge in [0.25, 0.3) is 0 Å². The smallest absolute Gasteiger partial charge is 0.307 e. The Kier molecular flexibility index (Phi) is 6.16. The van der Waals surface area contributed by atoms with Gasteiger partial charge in [-0.05, 0) is 39.8 Å². The SMILES string of the molecule is CCC1CC(C(=O)O)C(C(=O)NCC(C)(O)CN(C)C)C1. The highest BCUT2D eigenvalue weighted by Crippen LogP contribution is 2.38. The Labute approximate surface area is 126 Å². The van der Waals surface area contributed by atoms with Gasteiger partial charge in [-0.15, -0.1) is 0 Å². The molecule has 1 rings (SSSR count). The summed E-state index contributed by atoms with van der Waals surface area (Å²) >= 11 is 0. The van der Waals surface area contributed by atoms with Gasteiger partial charge in [0.2, 0.25) is 5.91 Å². The maximum Gasteiger partial charge on any atom is 0.307 e. The summed E-state index contributed by atoms with van der Waals surface area (Å²) in [5.74, 6) is -1.94. The fourth-order valence-electron chi connectivity index (χ4n) is 3.18. The van der Waals surface area contributed by atoms with Gasteiger partial charge in [0.05, 0.1) is 17.4 Å². The number of amides is 1. The van der Waals surface area contributed by atoms with Gasteiger partial charge in [0, 0.05) is 13.1 Å². The summed E-state index contributed by atoms with van der Waals surface area (Å²) in [6.07, 6.45) is 2.08. The maximum atomic E-state index is 12.3. The first-order valence-electron chi connectivity index (χ1n) is 7.54. The molecular weight excluding hydrogens is 272 g/mol. The molecule has 1 saturated carbocycles. The highest BCUT2D eigenvalue weighted by molar-refractivity contribution is 5.85. The van der Waals surface area contributed by atoms with E-state index in [2.05, 4.69) is 5.32 Å². The van der Waals surface area contributed by atoms with E-state index in [0.717, 1.165) is 6.42 Å². The first-order chi connectivity index (χ1) is 9.66. The lowest BCUT2D eigenvalue weighted by Crippen LogP contribution is -2.48. The number of nitrogens with one attached hydrogen (secondary N) is 1. The number of carboxylic acid groups (broad SMARTS) is 1. The van der Waals surface area contributed by atoms with E-state index in [9.17, 15) is 19.8 Å². The second kappa shape index (κ2) is 7.22. The number of carbonyl (C=O) groups excluding carboxylic acids is 1. The van der Waals surface area contributed by atoms with Crippen molar-refractivity contribution < 1.29 is 19.8 Å². The number of hydrogen-bond donors (Lipinski definition) is 3. The monoisotopic (exact) mass is 300 g/mol. The molecule has 6 heteroatoms. The molecule has 0 spiro atoms. The molecular formula is C15H28N2O4. The number of carbonyl (C=O) groups is 2. The lowest BCUT2D eigenvalue weighted by molar-refractivity contribution is -0.146. The minimum atomic E-state index is -1.03. The van der Waals surface area contributed by atoms with Crippen LogP contribution in [-0.2, 0) is 9.59 Å². The van der Waals surface area contributed by atoms with Gasteiger partial charge in [-0.3, -0.25) is 9.59 Å². The lowest BCUT2D eigenvalue weighted by Gasteiger charge is -2.28. The van der Waals surface area contributed by atoms with Crippen molar-refractivity contribution in [2.24, 2.45) is 17.8 Å². The van der Waals surface area contributed by atoms with Gasteiger partial charge in [-0.2, -0.15) is 0 Å². The number of hydrogen-bond acceptors (Lipinski definition) is 4. The molecule has 122 valence electrons. The third-order valence-corrected chi connectivity index (χ3v) is 4.19. The molecule has 4 atom stereocenters. The van der Waals surface area contributed by atoms with E-state index in [1.165, 1.54) is 0 Å². The molecule has 0 aliphatic heterocycles. The molecule has 0 aromatic rings. The van der Waals surface area contributed by atoms with Crippen LogP contribution in [0.2, 0.25) is 0 Å². The predicted molar refractivity (Wildman–Crippen MR) is 79.8 cm³/mol. The van der Waals surface area contributed by atoms with Gasteiger partial charge in [0.1, 0.15) is 0 Å². The van der Waals surface area contributed by atoms with Crippen LogP contribution in [0.1, 0.15) is 33.1 Å². The van der Waals surface area contributed by atoms with E-state index >= 15 is 0 Å². The molecule has 1 fully saturated rings. The number of aliphatic carboxylic acids is 1. The Bertz CT molecular complexity index is 382. The summed E-state index contributed by atoms with van der Waals surface area (Å²) in [6, 6.07) is 0. The van der Waals surface area contributed by atoms with Gasteiger partial charge in [-0.1, -0.05) is 13.3 Å². The minimum Gasteiger partial charge on any atom is -0.481 e. The van der Waals surface area contributed by atoms with Crippen LogP contribution in [0.4, 0.5) is 0 Å². The van der Waals surface area contributed by atoms with E-state index in [0.29, 0.717) is 25.3 Å². The molecule has 21 heavy (non-hydrogen) atoms. The first kappa shape index (κ1) is 17.9. The molecule has 0 aromatic carbocycles. The number of nitrogens with zero attached hydrogens (tertiary/aromatic N) is 1. The Hall–Kier alpha value is -1.14. The quantitative estimate of drug-likeness (QED) is 0.639. The second-order valence-corrected chi connectivity index (χ2v) is 6.75. The van der Waals surface area contributed by atoms with E-state index in [4.69, 9.17) is 0 Å². The van der Waals surface area contributed by atoms with Crippen LogP contribution in [0.5, 0.6) is 0 Å². The highest BCUT2D eigenvalue weighted by Gasteiger charge is 2.42. The molecule has 1 amide bonds. The van der Waals surface area contributed by atoms with Crippen LogP contribution in [0.25, 0.3) is 0 Å². The molecule has 3 N–H and O–H groups in total. The largest absolute Gasteiger partial charge is 0.481 e. The topological polar surface area (TPSA) is 89.9 Å². The summed E-state index contributed by atoms with van der Waals surface area (Å²) in [5.41, 5.74) is -1.03. The van der Waals surface area contributed by atoms with Crippen LogP contribution in [0.3, 0.4) is 0 Å². The Balaban J connectivity index is 2.59. The second-order valence-electron chi connectivity index (χ2n) is 6.75. The molecule has 6 nitrogen and oxygen atoms in total. The maximum absolute atomic E-state index is 12.3. The summed E-state index contributed by atoms with van der Waals surface area (Å²) in [6.45, 7) is 4.23. The zero-order valence-corrected chi connectivity index (χ0v) is 13.4. The van der Waals surface area contributed by atoms with Crippen LogP contribution >= 0.6 is 0 Å². The molecule has 0 heterocycles. The van der Waals surface area contributed by atoms with E-state index in [1.807, 2.05) is 25.9 Å². The van der Waals surface area contributed by atoms with Crippen LogP contribution in [0, 0.1) is 17.8 Å². The molecule has 0 aromatic heterocycles. The molecule has 1 aliphatic rings. The van der Waals surface area contributed by atoms with Crippen molar-refractivity contribution in [1.82, 2.24) is 10.2 Å². The Morgan fingerprint density at radius 1 is 1.29 bits per heavy atom. The average molecular weight is 300 g/mol. The van der Waals surface area contributed by atoms with Gasteiger partial charge in [-0.25, -0.2) is 0 Å². The third kappa shape index (κ3) is 5.28. The number of carboxylic acids is 1. The normalized spacial score (nSPS) is 28.4. The predicted octanol–water partition coefficient (Wildman–Crippen LogP) is 0.552. The van der Waals surface area contributed by atoms with Gasteiger partial charge < -0.3 is 20.4 Å². The highest BCUT2D eigenvalue weighted by atomic mass is 16.4. The summed E-state index contributed by atoms with van der Waals surface area (Å²) in [5, 5.41) is 22.2. The third-order valence-electron chi connectivity index (χ3n) is 4.19. The minimum absolute atomic E-state index is 0.129. The average Bonchev–Trinajstić information content (AvgIpc) is 2.79. The molecule has 1 aliphatic carbocycles. The van der Waals surface area contributed by atoms with Gasteiger partial charge in [0.15, 0.2) is 0 Å². The molecule has 0 radical (unpaired) electrons. The number of aliphatic hydroxyl groups is 1. The molecule has 0 bridgehead atoms. The van der Waals surface area contributed by atoms with Crippen molar-refractivity contribution in [3.8, 4) is 0 Å². The first-order valence-corrected chi connectivity index (χ1v) is 7.54. The summed E-state index contributed by atoms with van der Waals surface area (Å²) in [7, 11) is 3.69. The number of likely N-dealkylation sites (N-methyl/N-ethyl adjacent to an activating group) is 1. The van der Waals surface area contributed by atoms with Crippen molar-refractivity contribution >= 4 is 11.9 Å². The van der Waals surface area contributed by atoms with E-state index in [1.54, 1.807) is 6.92 Å². The van der Waals surface area contributed by atoms with E-state index < -0.39 is 23.4 Å². The van der Waals surface area contributed by atoms with Crippen molar-refractivity contribution in [1.29, 1.82) is 0 Å². The van der Waals surface area contributed by atoms with E-state index in [-0.39, 0.29) is 12.5 Å². The van der Waals surface area contributed by atoms with Crippen LogP contribution < -0.4 is 5.32 Å². The summed E-state index contributed by atoms with van der Waals surface area (Å²) in [4.78, 5) is 25.4. The fourth-order valence-corrected chi connectivity index (χ4v) is 3.18. The van der Waals surface area contributed by atoms with Crippen molar-refractivity contribution in [3.05, 3.63) is 0 Å². The molecule has 0 saturated heterocycles. The Morgan fingerprint density at radius 2 is 1.86 bits per heavy atom. The van der Waals surface area contributed by atoms with Crippen LogP contribution in [-0.4, -0.2) is 59.8 Å². The zero-order chi connectivity index (χ0) is 16.2. The van der Waals surface area contributed by atoms with Crippen molar-refractivity contribution in [3.63, 3.8) is 0 Å². The Morgan fingerprint density at radius 3 is 2.33 bits per heavy atom. The lowest BCUT2D eigenvalue weighted by atomic mass is 9.95. The fraction of sp³-hybridized carbons (Fsp3) is 0.867. The van der Waals surface area contributed by atoms with Crippen LogP contribution in [0.15, 0.2) is 0 Å². The molecule has 4 unspecified atom stereocenters. The van der Waals surface area contributed by atoms with Crippen molar-refractivity contribution in [2.45, 2.75) is 38.7 Å². The van der Waals surface area contributed by atoms with Gasteiger partial charge >= 0.3 is 5.97 Å². The standard InChI is InChI=1S/C15H28N2O4/c1-5-10-6-11(12(7-10)14(19)20)13(18)16-8-15(2,21)9-17(3)4/h10-12,21H,5-9H2,1-4H3,(H,16,18)(H,19,20). The summed E-state index contributed by atoms with van der Waals surface area (Å²) < 4.78 is 0. The van der Waals surface area contributed by atoms with Crippen molar-refractivity contribution in [2.75, 3.05) is 27.2 Å².